The van der Waals surface area contributed by atoms with E-state index < -0.39 is 25.7 Å². The van der Waals surface area contributed by atoms with Crippen LogP contribution in [0.25, 0.3) is 0 Å². The van der Waals surface area contributed by atoms with Crippen LogP contribution in [0.5, 0.6) is 0 Å². The molecule has 0 aliphatic carbocycles. The summed E-state index contributed by atoms with van der Waals surface area (Å²) >= 11 is 5.05. The Morgan fingerprint density at radius 3 is 2.42 bits per heavy atom. The van der Waals surface area contributed by atoms with Gasteiger partial charge in [0.05, 0.1) is 8.31 Å². The predicted molar refractivity (Wildman–Crippen MR) is 40.9 cm³/mol. The Morgan fingerprint density at radius 2 is 2.17 bits per heavy atom. The first kappa shape index (κ1) is 8.85. The summed E-state index contributed by atoms with van der Waals surface area (Å²) in [7, 11) is -4.10. The van der Waals surface area contributed by atoms with E-state index in [4.69, 9.17) is 14.3 Å². The zero-order chi connectivity index (χ0) is 11.6. The Labute approximate surface area is 76.3 Å². The molecule has 0 heterocycles. The molecule has 0 aromatic heterocycles. The lowest BCUT2D eigenvalue weighted by Gasteiger charge is -2.14. The third-order valence-corrected chi connectivity index (χ3v) is 3.39. The summed E-state index contributed by atoms with van der Waals surface area (Å²) in [5.74, 6) is 0. The van der Waals surface area contributed by atoms with E-state index in [9.17, 15) is 17.7 Å². The predicted octanol–water partition coefficient (Wildman–Crippen LogP) is 3.06. The van der Waals surface area contributed by atoms with Crippen LogP contribution in [0, 0.1) is 0 Å². The molecule has 0 amide bonds. The summed E-state index contributed by atoms with van der Waals surface area (Å²) < 4.78 is 64.3. The number of rotatable bonds is 4. The third-order valence-electron chi connectivity index (χ3n) is 0.982. The van der Waals surface area contributed by atoms with Crippen molar-refractivity contribution in [3.05, 3.63) is 0 Å². The van der Waals surface area contributed by atoms with Gasteiger partial charge in [0.2, 0.25) is 7.37 Å². The van der Waals surface area contributed by atoms with Crippen LogP contribution >= 0.6 is 19.0 Å². The number of halogens is 4. The fourth-order valence-corrected chi connectivity index (χ4v) is 1.56. The maximum absolute atomic E-state index is 11.7. The maximum Gasteiger partial charge on any atom is 0.412 e. The fourth-order valence-electron chi connectivity index (χ4n) is 0.353. The Hall–Kier alpha value is 0.270. The Bertz CT molecular complexity index is 240. The van der Waals surface area contributed by atoms with Crippen LogP contribution in [0.2, 0.25) is 0 Å². The monoisotopic (exact) mass is 226 g/mol. The SMILES string of the molecule is [2H]C([2H])(Cl)P(=O)(CC)OCC(F)(F)F. The van der Waals surface area contributed by atoms with Crippen LogP contribution in [-0.4, -0.2) is 24.5 Å². The topological polar surface area (TPSA) is 26.3 Å². The van der Waals surface area contributed by atoms with Crippen LogP contribution in [0.1, 0.15) is 9.67 Å². The van der Waals surface area contributed by atoms with Crippen LogP contribution in [0.4, 0.5) is 13.2 Å². The van der Waals surface area contributed by atoms with Crippen molar-refractivity contribution in [3.63, 3.8) is 0 Å². The molecule has 0 N–H and O–H groups in total. The maximum atomic E-state index is 11.7. The van der Waals surface area contributed by atoms with Crippen LogP contribution < -0.4 is 0 Å². The van der Waals surface area contributed by atoms with Gasteiger partial charge in [-0.3, -0.25) is 4.57 Å². The third kappa shape index (κ3) is 5.01. The van der Waals surface area contributed by atoms with E-state index in [0.29, 0.717) is 0 Å². The average Bonchev–Trinajstić information content (AvgIpc) is 1.96. The molecule has 7 heteroatoms. The van der Waals surface area contributed by atoms with Crippen LogP contribution in [0.3, 0.4) is 0 Å². The molecule has 2 nitrogen and oxygen atoms in total. The van der Waals surface area contributed by atoms with Gasteiger partial charge in [0.25, 0.3) is 0 Å². The Morgan fingerprint density at radius 1 is 1.67 bits per heavy atom. The highest BCUT2D eigenvalue weighted by molar-refractivity contribution is 7.60. The minimum atomic E-state index is -4.65. The summed E-state index contributed by atoms with van der Waals surface area (Å²) in [5, 5.41) is 0. The number of hydrogen-bond donors (Lipinski definition) is 0. The fraction of sp³-hybridized carbons (Fsp3) is 1.00. The highest BCUT2D eigenvalue weighted by atomic mass is 35.5. The lowest BCUT2D eigenvalue weighted by Crippen LogP contribution is -2.16. The van der Waals surface area contributed by atoms with E-state index in [1.807, 2.05) is 0 Å². The summed E-state index contributed by atoms with van der Waals surface area (Å²) in [6.45, 7) is -0.512. The molecule has 0 fully saturated rings. The molecule has 0 aliphatic rings. The molecule has 0 bridgehead atoms. The van der Waals surface area contributed by atoms with Gasteiger partial charge in [0.15, 0.2) is 0 Å². The highest BCUT2D eigenvalue weighted by Gasteiger charge is 2.32. The zero-order valence-corrected chi connectivity index (χ0v) is 7.84. The van der Waals surface area contributed by atoms with Gasteiger partial charge in [-0.15, -0.1) is 11.6 Å². The standard InChI is InChI=1S/C5H9ClF3O2P/c1-2-12(10,4-6)11-3-5(7,8)9/h2-4H2,1H3/i4D2. The van der Waals surface area contributed by atoms with E-state index in [2.05, 4.69) is 4.52 Å². The molecule has 74 valence electrons. The lowest BCUT2D eigenvalue weighted by atomic mass is 10.7. The van der Waals surface area contributed by atoms with Crippen molar-refractivity contribution >= 4 is 19.0 Å². The largest absolute Gasteiger partial charge is 0.412 e. The van der Waals surface area contributed by atoms with Crippen LogP contribution in [0.15, 0.2) is 0 Å². The highest BCUT2D eigenvalue weighted by Crippen LogP contribution is 2.48. The second-order valence-corrected chi connectivity index (χ2v) is 4.88. The molecule has 0 saturated carbocycles. The molecule has 1 unspecified atom stereocenters. The first-order valence-electron chi connectivity index (χ1n) is 4.01. The van der Waals surface area contributed by atoms with Gasteiger partial charge in [-0.2, -0.15) is 13.2 Å². The number of hydrogen-bond acceptors (Lipinski definition) is 2. The zero-order valence-electron chi connectivity index (χ0n) is 8.19. The van der Waals surface area contributed by atoms with Gasteiger partial charge < -0.3 is 4.52 Å². The molecule has 0 aromatic carbocycles. The van der Waals surface area contributed by atoms with Crippen molar-refractivity contribution in [1.82, 2.24) is 0 Å². The van der Waals surface area contributed by atoms with Crippen molar-refractivity contribution in [2.24, 2.45) is 0 Å². The second-order valence-electron chi connectivity index (χ2n) is 1.96. The summed E-state index contributed by atoms with van der Waals surface area (Å²) in [6.07, 6.45) is -5.04. The molecule has 1 atom stereocenters. The molecule has 0 aliphatic heterocycles. The molecular weight excluding hydrogens is 215 g/mol. The molecule has 12 heavy (non-hydrogen) atoms. The van der Waals surface area contributed by atoms with Crippen LogP contribution in [-0.2, 0) is 9.09 Å². The Kier molecular flexibility index (Phi) is 3.31. The minimum absolute atomic E-state index is 0.389. The first-order valence-corrected chi connectivity index (χ1v) is 5.20. The van der Waals surface area contributed by atoms with Crippen molar-refractivity contribution in [2.45, 2.75) is 13.1 Å². The minimum Gasteiger partial charge on any atom is -0.318 e. The van der Waals surface area contributed by atoms with Gasteiger partial charge in [0, 0.05) is 6.16 Å². The van der Waals surface area contributed by atoms with Crippen molar-refractivity contribution in [3.8, 4) is 0 Å². The second kappa shape index (κ2) is 4.49. The van der Waals surface area contributed by atoms with Crippen molar-refractivity contribution < 1.29 is 25.0 Å². The molecule has 0 radical (unpaired) electrons. The van der Waals surface area contributed by atoms with Crippen molar-refractivity contribution in [1.29, 1.82) is 0 Å². The van der Waals surface area contributed by atoms with E-state index >= 15 is 0 Å². The molecular formula is C5H9ClF3O2P. The average molecular weight is 227 g/mol. The lowest BCUT2D eigenvalue weighted by molar-refractivity contribution is -0.153. The van der Waals surface area contributed by atoms with E-state index in [1.165, 1.54) is 6.92 Å². The summed E-state index contributed by atoms with van der Waals surface area (Å²) in [4.78, 5) is 0. The van der Waals surface area contributed by atoms with Gasteiger partial charge >= 0.3 is 6.18 Å². The quantitative estimate of drug-likeness (QED) is 0.544. The van der Waals surface area contributed by atoms with E-state index in [-0.39, 0.29) is 6.16 Å². The molecule has 0 spiro atoms. The van der Waals surface area contributed by atoms with Gasteiger partial charge in [-0.05, 0) is 0 Å². The van der Waals surface area contributed by atoms with Gasteiger partial charge in [-0.1, -0.05) is 6.92 Å². The molecule has 0 aromatic rings. The number of alkyl halides is 4. The molecule has 0 saturated heterocycles. The normalized spacial score (nSPS) is 21.1. The summed E-state index contributed by atoms with van der Waals surface area (Å²) in [6, 6.07) is 0. The smallest absolute Gasteiger partial charge is 0.318 e. The van der Waals surface area contributed by atoms with Gasteiger partial charge in [0.1, 0.15) is 6.61 Å². The summed E-state index contributed by atoms with van der Waals surface area (Å²) in [5.41, 5.74) is -2.77. The molecule has 0 rings (SSSR count). The van der Waals surface area contributed by atoms with Crippen molar-refractivity contribution in [2.75, 3.05) is 18.3 Å². The van der Waals surface area contributed by atoms with Gasteiger partial charge in [-0.25, -0.2) is 0 Å². The first-order chi connectivity index (χ1) is 6.02. The van der Waals surface area contributed by atoms with E-state index in [0.717, 1.165) is 0 Å². The Balaban J connectivity index is 4.53. The van der Waals surface area contributed by atoms with E-state index in [1.54, 1.807) is 0 Å².